The molecular formula is C5H5ClN2OS. The van der Waals surface area contributed by atoms with E-state index in [0.717, 1.165) is 4.88 Å². The zero-order valence-electron chi connectivity index (χ0n) is 4.95. The quantitative estimate of drug-likeness (QED) is 0.551. The Kier molecular flexibility index (Phi) is 2.68. The van der Waals surface area contributed by atoms with Gasteiger partial charge in [-0.15, -0.1) is 11.3 Å². The van der Waals surface area contributed by atoms with Crippen LogP contribution in [0.25, 0.3) is 6.08 Å². The molecule has 2 N–H and O–H groups in total. The van der Waals surface area contributed by atoms with E-state index in [2.05, 4.69) is 9.82 Å². The Morgan fingerprint density at radius 2 is 2.60 bits per heavy atom. The van der Waals surface area contributed by atoms with Crippen molar-refractivity contribution in [3.63, 3.8) is 0 Å². The Balaban J connectivity index is 2.67. The van der Waals surface area contributed by atoms with Gasteiger partial charge in [0.05, 0.1) is 4.88 Å². The van der Waals surface area contributed by atoms with Gasteiger partial charge in [-0.2, -0.15) is 5.90 Å². The lowest BCUT2D eigenvalue weighted by molar-refractivity contribution is 0.264. The zero-order valence-corrected chi connectivity index (χ0v) is 6.52. The van der Waals surface area contributed by atoms with Crippen LogP contribution in [0.2, 0.25) is 4.47 Å². The van der Waals surface area contributed by atoms with Crippen molar-refractivity contribution < 1.29 is 4.84 Å². The third-order valence-electron chi connectivity index (χ3n) is 0.806. The van der Waals surface area contributed by atoms with Crippen LogP contribution in [0.15, 0.2) is 12.5 Å². The van der Waals surface area contributed by atoms with Crippen molar-refractivity contribution in [3.8, 4) is 0 Å². The van der Waals surface area contributed by atoms with E-state index in [4.69, 9.17) is 17.5 Å². The van der Waals surface area contributed by atoms with Crippen LogP contribution in [0.4, 0.5) is 0 Å². The normalized spacial score (nSPS) is 10.6. The summed E-state index contributed by atoms with van der Waals surface area (Å²) in [4.78, 5) is 8.93. The van der Waals surface area contributed by atoms with Crippen LogP contribution in [0.3, 0.4) is 0 Å². The summed E-state index contributed by atoms with van der Waals surface area (Å²) < 4.78 is 0.511. The summed E-state index contributed by atoms with van der Waals surface area (Å²) in [6.45, 7) is 0. The first kappa shape index (κ1) is 7.53. The highest BCUT2D eigenvalue weighted by Gasteiger charge is 1.92. The fourth-order valence-electron chi connectivity index (χ4n) is 0.448. The molecule has 0 atom stereocenters. The minimum absolute atomic E-state index is 0.511. The van der Waals surface area contributed by atoms with Gasteiger partial charge in [0.1, 0.15) is 6.26 Å². The average molecular weight is 177 g/mol. The number of hydrogen-bond donors (Lipinski definition) is 1. The monoisotopic (exact) mass is 176 g/mol. The third kappa shape index (κ3) is 1.98. The van der Waals surface area contributed by atoms with E-state index in [-0.39, 0.29) is 0 Å². The van der Waals surface area contributed by atoms with E-state index in [1.54, 1.807) is 12.3 Å². The summed E-state index contributed by atoms with van der Waals surface area (Å²) in [6.07, 6.45) is 4.69. The SMILES string of the molecule is NOC=Cc1cnc(Cl)s1. The lowest BCUT2D eigenvalue weighted by atomic mass is 10.5. The number of halogens is 1. The van der Waals surface area contributed by atoms with Crippen LogP contribution >= 0.6 is 22.9 Å². The second-order valence-electron chi connectivity index (χ2n) is 1.45. The minimum Gasteiger partial charge on any atom is -0.419 e. The van der Waals surface area contributed by atoms with E-state index in [1.807, 2.05) is 0 Å². The predicted molar refractivity (Wildman–Crippen MR) is 41.4 cm³/mol. The van der Waals surface area contributed by atoms with Crippen LogP contribution < -0.4 is 5.90 Å². The molecule has 0 aliphatic carbocycles. The maximum absolute atomic E-state index is 5.54. The summed E-state index contributed by atoms with van der Waals surface area (Å²) in [5.41, 5.74) is 0. The van der Waals surface area contributed by atoms with E-state index in [0.29, 0.717) is 4.47 Å². The molecule has 1 rings (SSSR count). The van der Waals surface area contributed by atoms with Crippen molar-refractivity contribution in [2.75, 3.05) is 0 Å². The van der Waals surface area contributed by atoms with E-state index in [9.17, 15) is 0 Å². The van der Waals surface area contributed by atoms with Crippen molar-refractivity contribution in [3.05, 3.63) is 21.8 Å². The summed E-state index contributed by atoms with van der Waals surface area (Å²) in [5, 5.41) is 0. The molecule has 1 heterocycles. The smallest absolute Gasteiger partial charge is 0.184 e. The first-order valence-electron chi connectivity index (χ1n) is 2.46. The van der Waals surface area contributed by atoms with Crippen LogP contribution in [0.5, 0.6) is 0 Å². The Hall–Kier alpha value is -0.580. The molecule has 0 aromatic carbocycles. The molecule has 0 saturated heterocycles. The van der Waals surface area contributed by atoms with Crippen LogP contribution in [-0.2, 0) is 4.84 Å². The molecule has 54 valence electrons. The molecule has 0 unspecified atom stereocenters. The van der Waals surface area contributed by atoms with Gasteiger partial charge >= 0.3 is 0 Å². The number of nitrogens with zero attached hydrogens (tertiary/aromatic N) is 1. The fourth-order valence-corrected chi connectivity index (χ4v) is 1.29. The summed E-state index contributed by atoms with van der Waals surface area (Å²) >= 11 is 6.90. The Bertz CT molecular complexity index is 235. The van der Waals surface area contributed by atoms with Crippen molar-refractivity contribution in [1.82, 2.24) is 4.98 Å². The van der Waals surface area contributed by atoms with Crippen molar-refractivity contribution in [2.45, 2.75) is 0 Å². The second-order valence-corrected chi connectivity index (χ2v) is 3.10. The van der Waals surface area contributed by atoms with Crippen molar-refractivity contribution in [1.29, 1.82) is 0 Å². The second kappa shape index (κ2) is 3.55. The molecule has 0 aliphatic rings. The van der Waals surface area contributed by atoms with Crippen LogP contribution in [0.1, 0.15) is 4.88 Å². The molecule has 0 spiro atoms. The number of hydrogen-bond acceptors (Lipinski definition) is 4. The lowest BCUT2D eigenvalue weighted by Gasteiger charge is -1.81. The van der Waals surface area contributed by atoms with Gasteiger partial charge in [-0.1, -0.05) is 11.6 Å². The molecule has 10 heavy (non-hydrogen) atoms. The molecule has 3 nitrogen and oxygen atoms in total. The third-order valence-corrected chi connectivity index (χ3v) is 1.89. The first-order chi connectivity index (χ1) is 4.83. The largest absolute Gasteiger partial charge is 0.419 e. The zero-order chi connectivity index (χ0) is 7.40. The molecular weight excluding hydrogens is 172 g/mol. The highest BCUT2D eigenvalue weighted by Crippen LogP contribution is 2.18. The molecule has 0 saturated carbocycles. The van der Waals surface area contributed by atoms with Gasteiger partial charge in [0.2, 0.25) is 0 Å². The average Bonchev–Trinajstić information content (AvgIpc) is 2.31. The molecule has 1 aromatic rings. The molecule has 1 aromatic heterocycles. The minimum atomic E-state index is 0.511. The maximum Gasteiger partial charge on any atom is 0.184 e. The van der Waals surface area contributed by atoms with Gasteiger partial charge in [0, 0.05) is 6.20 Å². The molecule has 0 aliphatic heterocycles. The molecule has 0 radical (unpaired) electrons. The summed E-state index contributed by atoms with van der Waals surface area (Å²) in [7, 11) is 0. The van der Waals surface area contributed by atoms with Gasteiger partial charge in [0.25, 0.3) is 0 Å². The van der Waals surface area contributed by atoms with Crippen molar-refractivity contribution >= 4 is 29.0 Å². The van der Waals surface area contributed by atoms with E-state index in [1.165, 1.54) is 17.6 Å². The fraction of sp³-hybridized carbons (Fsp3) is 0. The van der Waals surface area contributed by atoms with Crippen LogP contribution in [0, 0.1) is 0 Å². The Morgan fingerprint density at radius 1 is 1.80 bits per heavy atom. The summed E-state index contributed by atoms with van der Waals surface area (Å²) in [5.74, 6) is 4.75. The van der Waals surface area contributed by atoms with Crippen LogP contribution in [-0.4, -0.2) is 4.98 Å². The molecule has 0 fully saturated rings. The first-order valence-corrected chi connectivity index (χ1v) is 3.66. The lowest BCUT2D eigenvalue weighted by Crippen LogP contribution is -1.86. The van der Waals surface area contributed by atoms with Gasteiger partial charge in [-0.05, 0) is 6.08 Å². The number of thiazole rings is 1. The predicted octanol–water partition coefficient (Wildman–Crippen LogP) is 1.66. The number of nitrogens with two attached hydrogens (primary N) is 1. The van der Waals surface area contributed by atoms with Gasteiger partial charge in [-0.25, -0.2) is 4.98 Å². The van der Waals surface area contributed by atoms with Gasteiger partial charge in [0.15, 0.2) is 4.47 Å². The number of aromatic nitrogens is 1. The standard InChI is InChI=1S/C5H5ClN2OS/c6-5-8-3-4(10-5)1-2-9-7/h1-3H,7H2. The number of rotatable bonds is 2. The Morgan fingerprint density at radius 3 is 3.10 bits per heavy atom. The molecule has 0 bridgehead atoms. The van der Waals surface area contributed by atoms with Crippen molar-refractivity contribution in [2.24, 2.45) is 5.90 Å². The molecule has 0 amide bonds. The maximum atomic E-state index is 5.54. The Labute approximate surface area is 67.0 Å². The highest BCUT2D eigenvalue weighted by atomic mass is 35.5. The highest BCUT2D eigenvalue weighted by molar-refractivity contribution is 7.16. The van der Waals surface area contributed by atoms with E-state index >= 15 is 0 Å². The van der Waals surface area contributed by atoms with Gasteiger partial charge < -0.3 is 4.84 Å². The van der Waals surface area contributed by atoms with Gasteiger partial charge in [-0.3, -0.25) is 0 Å². The van der Waals surface area contributed by atoms with E-state index < -0.39 is 0 Å². The molecule has 5 heteroatoms. The summed E-state index contributed by atoms with van der Waals surface area (Å²) in [6, 6.07) is 0. The topological polar surface area (TPSA) is 48.1 Å².